The molecule has 2 aromatic rings. The van der Waals surface area contributed by atoms with Gasteiger partial charge in [-0.3, -0.25) is 9.78 Å². The van der Waals surface area contributed by atoms with Crippen molar-refractivity contribution in [2.75, 3.05) is 11.9 Å². The van der Waals surface area contributed by atoms with E-state index in [9.17, 15) is 18.0 Å². The Bertz CT molecular complexity index is 611. The molecule has 0 bridgehead atoms. The van der Waals surface area contributed by atoms with E-state index >= 15 is 0 Å². The lowest BCUT2D eigenvalue weighted by atomic mass is 10.1. The van der Waals surface area contributed by atoms with Gasteiger partial charge in [0.15, 0.2) is 5.69 Å². The minimum Gasteiger partial charge on any atom is -0.311 e. The third-order valence-electron chi connectivity index (χ3n) is 2.75. The maximum Gasteiger partial charge on any atom is 0.434 e. The van der Waals surface area contributed by atoms with Crippen LogP contribution in [-0.2, 0) is 6.18 Å². The minimum atomic E-state index is -4.66. The Hall–Kier alpha value is -2.37. The number of benzene rings is 1. The molecule has 0 aliphatic rings. The van der Waals surface area contributed by atoms with Crippen molar-refractivity contribution in [2.24, 2.45) is 0 Å². The van der Waals surface area contributed by atoms with Crippen molar-refractivity contribution in [2.45, 2.75) is 6.18 Å². The maximum atomic E-state index is 12.8. The van der Waals surface area contributed by atoms with Crippen molar-refractivity contribution in [3.05, 3.63) is 59.9 Å². The van der Waals surface area contributed by atoms with Crippen LogP contribution in [0.3, 0.4) is 0 Å². The third kappa shape index (κ3) is 2.79. The molecule has 0 radical (unpaired) electrons. The Morgan fingerprint density at radius 2 is 1.75 bits per heavy atom. The molecule has 2 rings (SSSR count). The Labute approximate surface area is 113 Å². The van der Waals surface area contributed by atoms with Crippen molar-refractivity contribution < 1.29 is 18.0 Å². The van der Waals surface area contributed by atoms with Gasteiger partial charge in [0.1, 0.15) is 0 Å². The van der Waals surface area contributed by atoms with Crippen LogP contribution in [0.1, 0.15) is 16.1 Å². The fourth-order valence-electron chi connectivity index (χ4n) is 1.75. The summed E-state index contributed by atoms with van der Waals surface area (Å²) >= 11 is 0. The van der Waals surface area contributed by atoms with Crippen LogP contribution in [0.2, 0.25) is 0 Å². The lowest BCUT2D eigenvalue weighted by Crippen LogP contribution is -2.29. The van der Waals surface area contributed by atoms with Gasteiger partial charge in [0, 0.05) is 18.9 Å². The topological polar surface area (TPSA) is 33.2 Å². The monoisotopic (exact) mass is 280 g/mol. The highest BCUT2D eigenvalue weighted by Gasteiger charge is 2.37. The second-order valence-electron chi connectivity index (χ2n) is 4.10. The molecule has 6 heteroatoms. The molecule has 0 saturated carbocycles. The predicted molar refractivity (Wildman–Crippen MR) is 68.4 cm³/mol. The van der Waals surface area contributed by atoms with E-state index in [4.69, 9.17) is 0 Å². The molecular formula is C14H11F3N2O. The van der Waals surface area contributed by atoms with Crippen molar-refractivity contribution in [3.63, 3.8) is 0 Å². The van der Waals surface area contributed by atoms with Gasteiger partial charge >= 0.3 is 6.18 Å². The Balaban J connectivity index is 2.40. The van der Waals surface area contributed by atoms with E-state index in [0.717, 1.165) is 17.2 Å². The highest BCUT2D eigenvalue weighted by atomic mass is 19.4. The second kappa shape index (κ2) is 5.32. The van der Waals surface area contributed by atoms with Gasteiger partial charge in [-0.25, -0.2) is 0 Å². The van der Waals surface area contributed by atoms with Crippen molar-refractivity contribution >= 4 is 11.6 Å². The van der Waals surface area contributed by atoms with Crippen molar-refractivity contribution in [1.82, 2.24) is 4.98 Å². The minimum absolute atomic E-state index is 0.466. The summed E-state index contributed by atoms with van der Waals surface area (Å²) < 4.78 is 38.5. The van der Waals surface area contributed by atoms with Crippen LogP contribution in [0.15, 0.2) is 48.7 Å². The molecule has 0 saturated heterocycles. The van der Waals surface area contributed by atoms with Crippen LogP contribution < -0.4 is 4.90 Å². The molecule has 104 valence electrons. The van der Waals surface area contributed by atoms with E-state index in [-0.39, 0.29) is 0 Å². The smallest absolute Gasteiger partial charge is 0.311 e. The van der Waals surface area contributed by atoms with E-state index in [1.165, 1.54) is 13.1 Å². The lowest BCUT2D eigenvalue weighted by Gasteiger charge is -2.19. The number of nitrogens with zero attached hydrogens (tertiary/aromatic N) is 2. The molecule has 1 amide bonds. The molecule has 0 aliphatic heterocycles. The SMILES string of the molecule is CN(C(=O)c1cccnc1C(F)(F)F)c1ccccc1. The normalized spacial score (nSPS) is 11.2. The predicted octanol–water partition coefficient (Wildman–Crippen LogP) is 3.38. The molecule has 1 heterocycles. The molecule has 0 unspecified atom stereocenters. The molecule has 0 fully saturated rings. The molecule has 1 aromatic carbocycles. The number of carbonyl (C=O) groups excluding carboxylic acids is 1. The van der Waals surface area contributed by atoms with Crippen LogP contribution >= 0.6 is 0 Å². The summed E-state index contributed by atoms with van der Waals surface area (Å²) in [6, 6.07) is 10.9. The fraction of sp³-hybridized carbons (Fsp3) is 0.143. The number of para-hydroxylation sites is 1. The molecular weight excluding hydrogens is 269 g/mol. The van der Waals surface area contributed by atoms with Crippen LogP contribution in [0.5, 0.6) is 0 Å². The number of alkyl halides is 3. The van der Waals surface area contributed by atoms with Gasteiger partial charge in [-0.15, -0.1) is 0 Å². The summed E-state index contributed by atoms with van der Waals surface area (Å²) in [6.07, 6.45) is -3.65. The van der Waals surface area contributed by atoms with Gasteiger partial charge in [-0.2, -0.15) is 13.2 Å². The van der Waals surface area contributed by atoms with Crippen molar-refractivity contribution in [3.8, 4) is 0 Å². The van der Waals surface area contributed by atoms with Crippen LogP contribution in [0.4, 0.5) is 18.9 Å². The van der Waals surface area contributed by atoms with E-state index in [1.54, 1.807) is 30.3 Å². The van der Waals surface area contributed by atoms with Gasteiger partial charge in [0.2, 0.25) is 0 Å². The third-order valence-corrected chi connectivity index (χ3v) is 2.75. The second-order valence-corrected chi connectivity index (χ2v) is 4.10. The molecule has 0 aliphatic carbocycles. The number of aromatic nitrogens is 1. The largest absolute Gasteiger partial charge is 0.434 e. The van der Waals surface area contributed by atoms with Crippen LogP contribution in [0.25, 0.3) is 0 Å². The summed E-state index contributed by atoms with van der Waals surface area (Å²) in [7, 11) is 1.42. The number of rotatable bonds is 2. The zero-order valence-corrected chi connectivity index (χ0v) is 10.6. The summed E-state index contributed by atoms with van der Waals surface area (Å²) in [5, 5.41) is 0. The number of hydrogen-bond donors (Lipinski definition) is 0. The number of hydrogen-bond acceptors (Lipinski definition) is 2. The lowest BCUT2D eigenvalue weighted by molar-refractivity contribution is -0.141. The molecule has 0 spiro atoms. The number of anilines is 1. The Kier molecular flexibility index (Phi) is 3.74. The zero-order chi connectivity index (χ0) is 14.8. The van der Waals surface area contributed by atoms with Gasteiger partial charge in [0.25, 0.3) is 5.91 Å². The Morgan fingerprint density at radius 1 is 1.10 bits per heavy atom. The summed E-state index contributed by atoms with van der Waals surface area (Å²) in [5.74, 6) is -0.753. The molecule has 0 N–H and O–H groups in total. The van der Waals surface area contributed by atoms with Crippen LogP contribution in [-0.4, -0.2) is 17.9 Å². The van der Waals surface area contributed by atoms with Crippen molar-refractivity contribution in [1.29, 1.82) is 0 Å². The Morgan fingerprint density at radius 3 is 2.35 bits per heavy atom. The first-order chi connectivity index (χ1) is 9.41. The van der Waals surface area contributed by atoms with E-state index in [2.05, 4.69) is 4.98 Å². The van der Waals surface area contributed by atoms with E-state index in [0.29, 0.717) is 5.69 Å². The summed E-state index contributed by atoms with van der Waals surface area (Å²) in [4.78, 5) is 16.6. The highest BCUT2D eigenvalue weighted by Crippen LogP contribution is 2.31. The molecule has 20 heavy (non-hydrogen) atoms. The van der Waals surface area contributed by atoms with Crippen LogP contribution in [0, 0.1) is 0 Å². The first-order valence-electron chi connectivity index (χ1n) is 5.76. The molecule has 3 nitrogen and oxygen atoms in total. The number of halogens is 3. The molecule has 0 atom stereocenters. The number of pyridine rings is 1. The molecule has 1 aromatic heterocycles. The summed E-state index contributed by atoms with van der Waals surface area (Å²) in [5.41, 5.74) is -1.13. The van der Waals surface area contributed by atoms with Gasteiger partial charge in [-0.1, -0.05) is 18.2 Å². The van der Waals surface area contributed by atoms with Gasteiger partial charge < -0.3 is 4.90 Å². The summed E-state index contributed by atoms with van der Waals surface area (Å²) in [6.45, 7) is 0. The maximum absolute atomic E-state index is 12.8. The number of carbonyl (C=O) groups is 1. The average molecular weight is 280 g/mol. The average Bonchev–Trinajstić information content (AvgIpc) is 2.46. The van der Waals surface area contributed by atoms with E-state index < -0.39 is 23.3 Å². The highest BCUT2D eigenvalue weighted by molar-refractivity contribution is 6.06. The number of amides is 1. The fourth-order valence-corrected chi connectivity index (χ4v) is 1.75. The van der Waals surface area contributed by atoms with E-state index in [1.807, 2.05) is 0 Å². The first kappa shape index (κ1) is 14.0. The van der Waals surface area contributed by atoms with Gasteiger partial charge in [-0.05, 0) is 24.3 Å². The first-order valence-corrected chi connectivity index (χ1v) is 5.76. The zero-order valence-electron chi connectivity index (χ0n) is 10.6. The van der Waals surface area contributed by atoms with Gasteiger partial charge in [0.05, 0.1) is 5.56 Å². The quantitative estimate of drug-likeness (QED) is 0.845. The standard InChI is InChI=1S/C14H11F3N2O/c1-19(10-6-3-2-4-7-10)13(20)11-8-5-9-18-12(11)14(15,16)17/h2-9H,1H3.